The first-order valence-electron chi connectivity index (χ1n) is 15.5. The van der Waals surface area contributed by atoms with Crippen LogP contribution >= 0.6 is 19.2 Å². The fourth-order valence-electron chi connectivity index (χ4n) is 4.83. The molecule has 0 aliphatic rings. The number of phosphoric ester groups is 1. The minimum atomic E-state index is -4.75. The zero-order valence-electron chi connectivity index (χ0n) is 25.6. The Bertz CT molecular complexity index is 1230. The predicted octanol–water partition coefficient (Wildman–Crippen LogP) is 8.66. The van der Waals surface area contributed by atoms with Crippen molar-refractivity contribution in [3.05, 3.63) is 64.6 Å². The Hall–Kier alpha value is -2.54. The van der Waals surface area contributed by atoms with Gasteiger partial charge in [-0.15, -0.1) is 0 Å². The fraction of sp³-hybridized carbons (Fsp3) is 0.545. The molecule has 0 spiro atoms. The highest BCUT2D eigenvalue weighted by molar-refractivity contribution is 7.46. The van der Waals surface area contributed by atoms with Gasteiger partial charge < -0.3 is 23.4 Å². The van der Waals surface area contributed by atoms with E-state index in [-0.39, 0.29) is 17.2 Å². The third-order valence-corrected chi connectivity index (χ3v) is 9.02. The third kappa shape index (κ3) is 12.4. The average molecular weight is 618 g/mol. The van der Waals surface area contributed by atoms with Crippen LogP contribution < -0.4 is 28.0 Å². The van der Waals surface area contributed by atoms with E-state index in [1.165, 1.54) is 82.3 Å². The van der Waals surface area contributed by atoms with Crippen molar-refractivity contribution in [2.45, 2.75) is 104 Å². The van der Waals surface area contributed by atoms with Gasteiger partial charge in [0.15, 0.2) is 24.2 Å². The minimum absolute atomic E-state index is 0.0279. The monoisotopic (exact) mass is 617 g/mol. The quantitative estimate of drug-likeness (QED) is 0.0638. The molecular formula is C33H48NO6PS. The van der Waals surface area contributed by atoms with E-state index in [1.807, 2.05) is 11.6 Å². The maximum Gasteiger partial charge on any atom is 0.372 e. The van der Waals surface area contributed by atoms with E-state index in [4.69, 9.17) is 18.5 Å². The average Bonchev–Trinajstić information content (AvgIpc) is 3.42. The minimum Gasteiger partial charge on any atom is -0.736 e. The van der Waals surface area contributed by atoms with Crippen molar-refractivity contribution in [3.8, 4) is 23.0 Å². The first kappa shape index (κ1) is 34.0. The van der Waals surface area contributed by atoms with Gasteiger partial charge in [0.05, 0.1) is 18.6 Å². The van der Waals surface area contributed by atoms with Crippen LogP contribution in [0.2, 0.25) is 0 Å². The molecule has 1 atom stereocenters. The number of hydrogen-bond acceptors (Lipinski definition) is 7. The number of benzene rings is 2. The Kier molecular flexibility index (Phi) is 15.3. The summed E-state index contributed by atoms with van der Waals surface area (Å²) in [4.78, 5) is 14.1. The van der Waals surface area contributed by atoms with Crippen LogP contribution in [-0.2, 0) is 17.5 Å². The number of phosphoric acid groups is 1. The lowest BCUT2D eigenvalue weighted by molar-refractivity contribution is -0.683. The number of para-hydroxylation sites is 1. The highest BCUT2D eigenvalue weighted by atomic mass is 32.1. The zero-order chi connectivity index (χ0) is 30.0. The smallest absolute Gasteiger partial charge is 0.372 e. The summed E-state index contributed by atoms with van der Waals surface area (Å²) in [7, 11) is -3.29. The van der Waals surface area contributed by atoms with Crippen LogP contribution in [0.4, 0.5) is 0 Å². The lowest BCUT2D eigenvalue weighted by atomic mass is 10.1. The molecular weight excluding hydrogens is 569 g/mol. The number of rotatable bonds is 22. The van der Waals surface area contributed by atoms with Crippen LogP contribution in [0.1, 0.15) is 101 Å². The van der Waals surface area contributed by atoms with Crippen LogP contribution in [-0.4, -0.2) is 13.7 Å². The van der Waals surface area contributed by atoms with Gasteiger partial charge in [0, 0.05) is 5.56 Å². The number of aryl methyl sites for hydroxylation is 1. The van der Waals surface area contributed by atoms with E-state index in [0.717, 1.165) is 24.8 Å². The first-order valence-corrected chi connectivity index (χ1v) is 17.8. The summed E-state index contributed by atoms with van der Waals surface area (Å²) in [6, 6.07) is 12.0. The summed E-state index contributed by atoms with van der Waals surface area (Å²) in [6.45, 7) is 5.51. The lowest BCUT2D eigenvalue weighted by Crippen LogP contribution is -2.30. The molecule has 0 N–H and O–H groups in total. The number of aromatic nitrogens is 1. The summed E-state index contributed by atoms with van der Waals surface area (Å²) in [5, 5.41) is 0. The van der Waals surface area contributed by atoms with Gasteiger partial charge in [-0.3, -0.25) is 0 Å². The van der Waals surface area contributed by atoms with Crippen molar-refractivity contribution >= 4 is 19.2 Å². The predicted molar refractivity (Wildman–Crippen MR) is 168 cm³/mol. The maximum atomic E-state index is 12.8. The number of thiazole rings is 1. The first-order chi connectivity index (χ1) is 20.4. The largest absolute Gasteiger partial charge is 0.736 e. The van der Waals surface area contributed by atoms with E-state index in [1.54, 1.807) is 41.7 Å². The van der Waals surface area contributed by atoms with E-state index in [0.29, 0.717) is 18.9 Å². The second-order valence-corrected chi connectivity index (χ2v) is 12.9. The molecule has 42 heavy (non-hydrogen) atoms. The van der Waals surface area contributed by atoms with Crippen molar-refractivity contribution in [3.63, 3.8) is 0 Å². The van der Waals surface area contributed by atoms with Gasteiger partial charge in [-0.25, -0.2) is 4.57 Å². The van der Waals surface area contributed by atoms with Crippen molar-refractivity contribution in [2.24, 2.45) is 0 Å². The summed E-state index contributed by atoms with van der Waals surface area (Å²) < 4.78 is 36.9. The molecule has 1 unspecified atom stereocenters. The number of unbranched alkanes of at least 4 members (excludes halogenated alkanes) is 11. The number of methoxy groups -OCH3 is 1. The molecule has 9 heteroatoms. The van der Waals surface area contributed by atoms with Crippen molar-refractivity contribution in [1.82, 2.24) is 0 Å². The molecule has 0 aliphatic carbocycles. The lowest BCUT2D eigenvalue weighted by Gasteiger charge is -2.25. The Labute approximate surface area is 256 Å². The number of hydrogen-bond donors (Lipinski definition) is 0. The second-order valence-electron chi connectivity index (χ2n) is 10.6. The van der Waals surface area contributed by atoms with E-state index >= 15 is 0 Å². The number of ether oxygens (including phenoxy) is 2. The van der Waals surface area contributed by atoms with E-state index < -0.39 is 7.82 Å². The van der Waals surface area contributed by atoms with Gasteiger partial charge in [0.2, 0.25) is 11.3 Å². The molecule has 0 aliphatic heterocycles. The molecule has 1 heterocycles. The van der Waals surface area contributed by atoms with Crippen LogP contribution in [0, 0.1) is 0 Å². The molecule has 232 valence electrons. The van der Waals surface area contributed by atoms with Gasteiger partial charge in [-0.05, 0) is 37.1 Å². The van der Waals surface area contributed by atoms with Crippen LogP contribution in [0.3, 0.4) is 0 Å². The summed E-state index contributed by atoms with van der Waals surface area (Å²) in [5.74, 6) is 0.889. The highest BCUT2D eigenvalue weighted by Crippen LogP contribution is 2.46. The molecule has 3 rings (SSSR count). The third-order valence-electron chi connectivity index (χ3n) is 7.09. The molecule has 3 aromatic rings. The molecule has 0 saturated heterocycles. The normalized spacial score (nSPS) is 12.6. The van der Waals surface area contributed by atoms with Crippen molar-refractivity contribution in [1.29, 1.82) is 0 Å². The van der Waals surface area contributed by atoms with Gasteiger partial charge >= 0.3 is 7.82 Å². The van der Waals surface area contributed by atoms with Crippen molar-refractivity contribution in [2.75, 3.05) is 13.7 Å². The topological polar surface area (TPSA) is 80.9 Å². The SMILES string of the molecule is CCCCCCCCCCCCCCOc1cccc(OP(=O)([O-])Oc2cccc(C[n+]3csc(CC)c3)c2)c1OC. The van der Waals surface area contributed by atoms with Crippen LogP contribution in [0.5, 0.6) is 23.0 Å². The molecule has 2 aromatic carbocycles. The van der Waals surface area contributed by atoms with E-state index in [2.05, 4.69) is 24.6 Å². The maximum absolute atomic E-state index is 12.8. The molecule has 0 fully saturated rings. The van der Waals surface area contributed by atoms with Gasteiger partial charge in [-0.1, -0.05) is 114 Å². The zero-order valence-corrected chi connectivity index (χ0v) is 27.3. The summed E-state index contributed by atoms with van der Waals surface area (Å²) >= 11 is 1.70. The van der Waals surface area contributed by atoms with Crippen LogP contribution in [0.15, 0.2) is 54.2 Å². The Balaban J connectivity index is 1.43. The molecule has 0 bridgehead atoms. The van der Waals surface area contributed by atoms with Gasteiger partial charge in [0.1, 0.15) is 5.75 Å². The highest BCUT2D eigenvalue weighted by Gasteiger charge is 2.20. The van der Waals surface area contributed by atoms with E-state index in [9.17, 15) is 9.46 Å². The Morgan fingerprint density at radius 1 is 0.833 bits per heavy atom. The molecule has 0 amide bonds. The van der Waals surface area contributed by atoms with Crippen molar-refractivity contribution < 1.29 is 32.5 Å². The van der Waals surface area contributed by atoms with Crippen LogP contribution in [0.25, 0.3) is 0 Å². The van der Waals surface area contributed by atoms with Gasteiger partial charge in [0.25, 0.3) is 0 Å². The Morgan fingerprint density at radius 2 is 1.48 bits per heavy atom. The number of nitrogens with zero attached hydrogens (tertiary/aromatic N) is 1. The fourth-order valence-corrected chi connectivity index (χ4v) is 6.39. The molecule has 1 aromatic heterocycles. The van der Waals surface area contributed by atoms with Gasteiger partial charge in [-0.2, -0.15) is 4.57 Å². The second kappa shape index (κ2) is 18.9. The molecule has 0 radical (unpaired) electrons. The summed E-state index contributed by atoms with van der Waals surface area (Å²) in [6.07, 6.45) is 18.3. The Morgan fingerprint density at radius 3 is 2.12 bits per heavy atom. The molecule has 7 nitrogen and oxygen atoms in total. The summed E-state index contributed by atoms with van der Waals surface area (Å²) in [5.41, 5.74) is 2.97. The molecule has 0 saturated carbocycles. The standard InChI is InChI=1S/C33H48NO6PS/c1-4-6-7-8-9-10-11-12-13-14-15-16-23-38-31-21-18-22-32(33(31)37-3)40-41(35,36)39-29-20-17-19-28(24-29)25-34-26-30(5-2)42-27-34/h17-22,24,26-27H,4-16,23,25H2,1-3H3.